The summed E-state index contributed by atoms with van der Waals surface area (Å²) in [4.78, 5) is 4.66. The molecule has 64 valence electrons. The summed E-state index contributed by atoms with van der Waals surface area (Å²) < 4.78 is 0. The molecule has 1 aromatic heterocycles. The standard InChI is InChI=1S/C12H11N/c1-2-6-11-9(4-1)8-10-5-3-7-12(10)13-11/h1-2,4,6,8H,3,5,7H2. The summed E-state index contributed by atoms with van der Waals surface area (Å²) in [5, 5.41) is 1.28. The van der Waals surface area contributed by atoms with Gasteiger partial charge in [0.2, 0.25) is 0 Å². The summed E-state index contributed by atoms with van der Waals surface area (Å²) in [6.45, 7) is 0. The van der Waals surface area contributed by atoms with Gasteiger partial charge in [0.1, 0.15) is 0 Å². The molecular formula is C12H11N. The van der Waals surface area contributed by atoms with Gasteiger partial charge in [-0.15, -0.1) is 0 Å². The summed E-state index contributed by atoms with van der Waals surface area (Å²) in [6, 6.07) is 10.7. The van der Waals surface area contributed by atoms with Crippen LogP contribution in [0.4, 0.5) is 0 Å². The maximum atomic E-state index is 4.66. The van der Waals surface area contributed by atoms with Gasteiger partial charge in [-0.3, -0.25) is 4.98 Å². The fourth-order valence-corrected chi connectivity index (χ4v) is 2.08. The summed E-state index contributed by atoms with van der Waals surface area (Å²) in [6.07, 6.45) is 3.66. The van der Waals surface area contributed by atoms with Crippen molar-refractivity contribution < 1.29 is 0 Å². The lowest BCUT2D eigenvalue weighted by Gasteiger charge is -2.01. The molecule has 0 N–H and O–H groups in total. The molecule has 0 amide bonds. The molecule has 0 spiro atoms. The molecule has 1 aromatic carbocycles. The molecule has 1 heteroatoms. The fourth-order valence-electron chi connectivity index (χ4n) is 2.08. The minimum atomic E-state index is 1.14. The van der Waals surface area contributed by atoms with Crippen LogP contribution in [0.1, 0.15) is 17.7 Å². The highest BCUT2D eigenvalue weighted by atomic mass is 14.7. The lowest BCUT2D eigenvalue weighted by molar-refractivity contribution is 0.901. The zero-order valence-corrected chi connectivity index (χ0v) is 7.46. The Morgan fingerprint density at radius 2 is 2.00 bits per heavy atom. The average molecular weight is 169 g/mol. The van der Waals surface area contributed by atoms with Gasteiger partial charge in [0.05, 0.1) is 5.52 Å². The van der Waals surface area contributed by atoms with Crippen molar-refractivity contribution in [3.63, 3.8) is 0 Å². The normalized spacial score (nSPS) is 14.8. The Balaban J connectivity index is 2.36. The quantitative estimate of drug-likeness (QED) is 0.591. The zero-order chi connectivity index (χ0) is 8.67. The minimum Gasteiger partial charge on any atom is -0.253 e. The number of benzene rings is 1. The van der Waals surface area contributed by atoms with Gasteiger partial charge in [-0.1, -0.05) is 18.2 Å². The highest BCUT2D eigenvalue weighted by Gasteiger charge is 2.12. The van der Waals surface area contributed by atoms with Crippen molar-refractivity contribution in [3.8, 4) is 0 Å². The highest BCUT2D eigenvalue weighted by Crippen LogP contribution is 2.23. The van der Waals surface area contributed by atoms with E-state index in [2.05, 4.69) is 35.3 Å². The molecule has 13 heavy (non-hydrogen) atoms. The molecule has 0 unspecified atom stereocenters. The van der Waals surface area contributed by atoms with E-state index in [4.69, 9.17) is 0 Å². The average Bonchev–Trinajstić information content (AvgIpc) is 2.61. The number of aromatic nitrogens is 1. The molecule has 0 radical (unpaired) electrons. The Morgan fingerprint density at radius 1 is 1.08 bits per heavy atom. The van der Waals surface area contributed by atoms with Crippen LogP contribution >= 0.6 is 0 Å². The minimum absolute atomic E-state index is 1.14. The van der Waals surface area contributed by atoms with Crippen molar-refractivity contribution in [2.45, 2.75) is 19.3 Å². The Labute approximate surface area is 77.4 Å². The molecule has 1 aliphatic rings. The van der Waals surface area contributed by atoms with Crippen LogP contribution in [0.15, 0.2) is 30.3 Å². The smallest absolute Gasteiger partial charge is 0.0705 e. The third-order valence-corrected chi connectivity index (χ3v) is 2.75. The van der Waals surface area contributed by atoms with E-state index in [1.54, 1.807) is 0 Å². The molecular weight excluding hydrogens is 158 g/mol. The van der Waals surface area contributed by atoms with Crippen LogP contribution in [0.3, 0.4) is 0 Å². The van der Waals surface area contributed by atoms with E-state index in [9.17, 15) is 0 Å². The lowest BCUT2D eigenvalue weighted by Crippen LogP contribution is -1.88. The van der Waals surface area contributed by atoms with Crippen LogP contribution in [-0.2, 0) is 12.8 Å². The maximum absolute atomic E-state index is 4.66. The number of para-hydroxylation sites is 1. The first-order valence-electron chi connectivity index (χ1n) is 4.81. The van der Waals surface area contributed by atoms with Gasteiger partial charge in [0.25, 0.3) is 0 Å². The van der Waals surface area contributed by atoms with Gasteiger partial charge >= 0.3 is 0 Å². The van der Waals surface area contributed by atoms with Gasteiger partial charge in [-0.2, -0.15) is 0 Å². The largest absolute Gasteiger partial charge is 0.253 e. The van der Waals surface area contributed by atoms with Crippen molar-refractivity contribution in [3.05, 3.63) is 41.6 Å². The maximum Gasteiger partial charge on any atom is 0.0705 e. The molecule has 0 aliphatic heterocycles. The molecule has 1 nitrogen and oxygen atoms in total. The first kappa shape index (κ1) is 7.07. The molecule has 2 aromatic rings. The van der Waals surface area contributed by atoms with Gasteiger partial charge in [0.15, 0.2) is 0 Å². The van der Waals surface area contributed by atoms with Gasteiger partial charge < -0.3 is 0 Å². The Bertz CT molecular complexity index is 417. The van der Waals surface area contributed by atoms with E-state index in [-0.39, 0.29) is 0 Å². The number of rotatable bonds is 0. The summed E-state index contributed by atoms with van der Waals surface area (Å²) in [5.41, 5.74) is 3.92. The third-order valence-electron chi connectivity index (χ3n) is 2.75. The predicted molar refractivity (Wildman–Crippen MR) is 53.8 cm³/mol. The summed E-state index contributed by atoms with van der Waals surface area (Å²) in [5.74, 6) is 0. The second kappa shape index (κ2) is 2.56. The summed E-state index contributed by atoms with van der Waals surface area (Å²) >= 11 is 0. The number of hydrogen-bond donors (Lipinski definition) is 0. The van der Waals surface area contributed by atoms with Gasteiger partial charge in [-0.25, -0.2) is 0 Å². The van der Waals surface area contributed by atoms with E-state index < -0.39 is 0 Å². The number of fused-ring (bicyclic) bond motifs is 2. The molecule has 0 saturated carbocycles. The predicted octanol–water partition coefficient (Wildman–Crippen LogP) is 2.72. The zero-order valence-electron chi connectivity index (χ0n) is 7.46. The van der Waals surface area contributed by atoms with Gasteiger partial charge in [-0.05, 0) is 37.0 Å². The SMILES string of the molecule is c1ccc2nc3c(cc2c1)CCC3. The second-order valence-corrected chi connectivity index (χ2v) is 3.64. The van der Waals surface area contributed by atoms with Crippen molar-refractivity contribution in [1.29, 1.82) is 0 Å². The molecule has 0 bridgehead atoms. The van der Waals surface area contributed by atoms with E-state index in [0.29, 0.717) is 0 Å². The monoisotopic (exact) mass is 169 g/mol. The topological polar surface area (TPSA) is 12.9 Å². The first-order valence-corrected chi connectivity index (χ1v) is 4.81. The fraction of sp³-hybridized carbons (Fsp3) is 0.250. The van der Waals surface area contributed by atoms with E-state index >= 15 is 0 Å². The van der Waals surface area contributed by atoms with Crippen molar-refractivity contribution in [1.82, 2.24) is 4.98 Å². The number of nitrogens with zero attached hydrogens (tertiary/aromatic N) is 1. The number of hydrogen-bond acceptors (Lipinski definition) is 1. The molecule has 0 saturated heterocycles. The van der Waals surface area contributed by atoms with Crippen LogP contribution in [-0.4, -0.2) is 4.98 Å². The van der Waals surface area contributed by atoms with Crippen molar-refractivity contribution in [2.75, 3.05) is 0 Å². The van der Waals surface area contributed by atoms with Gasteiger partial charge in [0, 0.05) is 11.1 Å². The van der Waals surface area contributed by atoms with E-state index in [1.807, 2.05) is 0 Å². The van der Waals surface area contributed by atoms with Crippen molar-refractivity contribution in [2.24, 2.45) is 0 Å². The molecule has 3 rings (SSSR count). The Morgan fingerprint density at radius 3 is 3.00 bits per heavy atom. The highest BCUT2D eigenvalue weighted by molar-refractivity contribution is 5.79. The van der Waals surface area contributed by atoms with Crippen LogP contribution in [0, 0.1) is 0 Å². The van der Waals surface area contributed by atoms with Crippen molar-refractivity contribution >= 4 is 10.9 Å². The third kappa shape index (κ3) is 1.04. The lowest BCUT2D eigenvalue weighted by atomic mass is 10.1. The van der Waals surface area contributed by atoms with E-state index in [1.165, 1.54) is 35.9 Å². The Kier molecular flexibility index (Phi) is 1.39. The number of pyridine rings is 1. The first-order chi connectivity index (χ1) is 6.43. The van der Waals surface area contributed by atoms with E-state index in [0.717, 1.165) is 5.52 Å². The summed E-state index contributed by atoms with van der Waals surface area (Å²) in [7, 11) is 0. The molecule has 0 atom stereocenters. The van der Waals surface area contributed by atoms with Crippen LogP contribution in [0.25, 0.3) is 10.9 Å². The van der Waals surface area contributed by atoms with Crippen LogP contribution in [0.5, 0.6) is 0 Å². The Hall–Kier alpha value is -1.37. The van der Waals surface area contributed by atoms with Crippen LogP contribution in [0.2, 0.25) is 0 Å². The van der Waals surface area contributed by atoms with Crippen LogP contribution < -0.4 is 0 Å². The molecule has 0 fully saturated rings. The number of aryl methyl sites for hydroxylation is 2. The molecule has 1 aliphatic carbocycles. The second-order valence-electron chi connectivity index (χ2n) is 3.64. The molecule has 1 heterocycles.